The van der Waals surface area contributed by atoms with Gasteiger partial charge in [-0.3, -0.25) is 0 Å². The second-order valence-corrected chi connectivity index (χ2v) is 8.37. The van der Waals surface area contributed by atoms with Crippen LogP contribution in [0.2, 0.25) is 0 Å². The Morgan fingerprint density at radius 1 is 1.28 bits per heavy atom. The molecule has 2 rings (SSSR count). The van der Waals surface area contributed by atoms with Crippen LogP contribution in [-0.4, -0.2) is 50.1 Å². The third-order valence-corrected chi connectivity index (χ3v) is 4.89. The fourth-order valence-electron chi connectivity index (χ4n) is 3.25. The molecule has 0 aromatic heterocycles. The minimum Gasteiger partial charge on any atom is -0.490 e. The molecule has 1 saturated heterocycles. The topological polar surface area (TPSA) is 75.1 Å². The number of aryl methyl sites for hydroxylation is 1. The number of guanidine groups is 1. The van der Waals surface area contributed by atoms with Gasteiger partial charge in [-0.15, -0.1) is 24.0 Å². The average Bonchev–Trinajstić information content (AvgIpc) is 2.59. The Labute approximate surface area is 192 Å². The number of aliphatic hydroxyl groups is 1. The van der Waals surface area contributed by atoms with Gasteiger partial charge in [-0.1, -0.05) is 26.0 Å². The number of aliphatic imine (C=N–C) groups is 1. The molecule has 0 spiro atoms. The van der Waals surface area contributed by atoms with E-state index in [0.29, 0.717) is 32.2 Å². The van der Waals surface area contributed by atoms with E-state index in [1.807, 2.05) is 6.92 Å². The van der Waals surface area contributed by atoms with E-state index in [9.17, 15) is 5.11 Å². The summed E-state index contributed by atoms with van der Waals surface area (Å²) < 4.78 is 11.5. The van der Waals surface area contributed by atoms with Crippen LogP contribution in [0.3, 0.4) is 0 Å². The summed E-state index contributed by atoms with van der Waals surface area (Å²) in [5, 5.41) is 16.2. The van der Waals surface area contributed by atoms with Crippen molar-refractivity contribution in [2.24, 2.45) is 16.3 Å². The molecule has 0 radical (unpaired) electrons. The Hall–Kier alpha value is -1.06. The Morgan fingerprint density at radius 3 is 2.55 bits per heavy atom. The van der Waals surface area contributed by atoms with Crippen LogP contribution in [0.25, 0.3) is 0 Å². The van der Waals surface area contributed by atoms with E-state index in [2.05, 4.69) is 56.5 Å². The van der Waals surface area contributed by atoms with Crippen molar-refractivity contribution in [3.8, 4) is 5.75 Å². The first-order valence-corrected chi connectivity index (χ1v) is 10.3. The third kappa shape index (κ3) is 8.30. The third-order valence-electron chi connectivity index (χ3n) is 4.89. The lowest BCUT2D eigenvalue weighted by atomic mass is 9.87. The van der Waals surface area contributed by atoms with Crippen molar-refractivity contribution in [3.63, 3.8) is 0 Å². The highest BCUT2D eigenvalue weighted by Gasteiger charge is 2.38. The van der Waals surface area contributed by atoms with Crippen LogP contribution in [0.15, 0.2) is 23.2 Å². The van der Waals surface area contributed by atoms with Gasteiger partial charge in [0.05, 0.1) is 37.9 Å². The molecule has 1 aromatic rings. The minimum absolute atomic E-state index is 0. The number of hydrogen-bond acceptors (Lipinski definition) is 4. The number of aliphatic hydroxyl groups excluding tert-OH is 1. The van der Waals surface area contributed by atoms with Crippen molar-refractivity contribution in [2.45, 2.75) is 53.7 Å². The first-order valence-electron chi connectivity index (χ1n) is 10.3. The molecule has 1 fully saturated rings. The quantitative estimate of drug-likeness (QED) is 0.251. The smallest absolute Gasteiger partial charge is 0.191 e. The molecule has 1 aromatic carbocycles. The van der Waals surface area contributed by atoms with Crippen molar-refractivity contribution >= 4 is 29.9 Å². The highest BCUT2D eigenvalue weighted by atomic mass is 127. The predicted molar refractivity (Wildman–Crippen MR) is 129 cm³/mol. The summed E-state index contributed by atoms with van der Waals surface area (Å²) in [7, 11) is 0. The van der Waals surface area contributed by atoms with Crippen molar-refractivity contribution in [3.05, 3.63) is 29.3 Å². The molecule has 3 N–H and O–H groups in total. The lowest BCUT2D eigenvalue weighted by Crippen LogP contribution is -2.54. The largest absolute Gasteiger partial charge is 0.490 e. The van der Waals surface area contributed by atoms with Crippen LogP contribution >= 0.6 is 24.0 Å². The molecule has 0 aliphatic carbocycles. The van der Waals surface area contributed by atoms with Gasteiger partial charge < -0.3 is 25.2 Å². The fourth-order valence-corrected chi connectivity index (χ4v) is 3.25. The van der Waals surface area contributed by atoms with E-state index >= 15 is 0 Å². The number of halogens is 1. The molecule has 166 valence electrons. The Morgan fingerprint density at radius 2 is 2.00 bits per heavy atom. The van der Waals surface area contributed by atoms with Gasteiger partial charge in [-0.2, -0.15) is 0 Å². The van der Waals surface area contributed by atoms with Gasteiger partial charge in [0, 0.05) is 18.7 Å². The fraction of sp³-hybridized carbons (Fsp3) is 0.682. The lowest BCUT2D eigenvalue weighted by Gasteiger charge is -2.40. The molecule has 6 nitrogen and oxygen atoms in total. The van der Waals surface area contributed by atoms with E-state index < -0.39 is 0 Å². The van der Waals surface area contributed by atoms with Crippen molar-refractivity contribution in [1.82, 2.24) is 10.6 Å². The highest BCUT2D eigenvalue weighted by Crippen LogP contribution is 2.26. The van der Waals surface area contributed by atoms with Crippen molar-refractivity contribution in [1.29, 1.82) is 0 Å². The zero-order valence-corrected chi connectivity index (χ0v) is 20.8. The summed E-state index contributed by atoms with van der Waals surface area (Å²) in [4.78, 5) is 4.73. The average molecular weight is 519 g/mol. The molecular weight excluding hydrogens is 481 g/mol. The number of nitrogens with zero attached hydrogens (tertiary/aromatic N) is 1. The van der Waals surface area contributed by atoms with E-state index in [1.54, 1.807) is 0 Å². The summed E-state index contributed by atoms with van der Waals surface area (Å²) in [6.45, 7) is 13.9. The van der Waals surface area contributed by atoms with Crippen LogP contribution in [0.5, 0.6) is 5.75 Å². The first-order chi connectivity index (χ1) is 13.4. The highest BCUT2D eigenvalue weighted by molar-refractivity contribution is 14.0. The van der Waals surface area contributed by atoms with Crippen LogP contribution in [0.4, 0.5) is 0 Å². The second kappa shape index (κ2) is 12.6. The van der Waals surface area contributed by atoms with Gasteiger partial charge in [0.2, 0.25) is 0 Å². The van der Waals surface area contributed by atoms with Gasteiger partial charge in [0.1, 0.15) is 5.75 Å². The van der Waals surface area contributed by atoms with E-state index in [-0.39, 0.29) is 42.1 Å². The Kier molecular flexibility index (Phi) is 11.3. The summed E-state index contributed by atoms with van der Waals surface area (Å²) >= 11 is 0. The molecular formula is C22H38IN3O3. The van der Waals surface area contributed by atoms with Crippen LogP contribution in [-0.2, 0) is 11.3 Å². The maximum absolute atomic E-state index is 9.60. The summed E-state index contributed by atoms with van der Waals surface area (Å²) in [6, 6.07) is 6.28. The van der Waals surface area contributed by atoms with Crippen LogP contribution in [0.1, 0.15) is 45.2 Å². The van der Waals surface area contributed by atoms with Gasteiger partial charge in [-0.05, 0) is 44.7 Å². The zero-order chi connectivity index (χ0) is 20.6. The number of ether oxygens (including phenoxy) is 2. The van der Waals surface area contributed by atoms with Crippen LogP contribution in [0, 0.1) is 18.3 Å². The van der Waals surface area contributed by atoms with Crippen molar-refractivity contribution in [2.75, 3.05) is 32.9 Å². The molecule has 1 unspecified atom stereocenters. The van der Waals surface area contributed by atoms with E-state index in [1.165, 1.54) is 5.56 Å². The van der Waals surface area contributed by atoms with Gasteiger partial charge in [0.15, 0.2) is 5.96 Å². The maximum atomic E-state index is 9.60. The standard InChI is InChI=1S/C22H37N3O3.HI/c1-6-23-21(25-12-22(13-26)14-27-15-22)24-11-19-8-7-17(4)10-20(19)28-18(5)9-16(2)3;/h7-8,10,16,18,26H,6,9,11-15H2,1-5H3,(H2,23,24,25);1H. The molecule has 1 heterocycles. The second-order valence-electron chi connectivity index (χ2n) is 8.37. The molecule has 0 bridgehead atoms. The molecule has 0 saturated carbocycles. The van der Waals surface area contributed by atoms with Crippen molar-refractivity contribution < 1.29 is 14.6 Å². The van der Waals surface area contributed by atoms with Gasteiger partial charge >= 0.3 is 0 Å². The molecule has 1 aliphatic rings. The first kappa shape index (κ1) is 26.0. The SMILES string of the molecule is CCNC(=NCc1ccc(C)cc1OC(C)CC(C)C)NCC1(CO)COC1.I. The molecule has 1 aliphatic heterocycles. The predicted octanol–water partition coefficient (Wildman–Crippen LogP) is 3.49. The number of benzene rings is 1. The minimum atomic E-state index is -0.194. The normalized spacial score (nSPS) is 16.6. The molecule has 29 heavy (non-hydrogen) atoms. The van der Waals surface area contributed by atoms with Crippen LogP contribution < -0.4 is 15.4 Å². The van der Waals surface area contributed by atoms with Gasteiger partial charge in [-0.25, -0.2) is 4.99 Å². The maximum Gasteiger partial charge on any atom is 0.191 e. The number of hydrogen-bond donors (Lipinski definition) is 3. The molecule has 0 amide bonds. The summed E-state index contributed by atoms with van der Waals surface area (Å²) in [5.41, 5.74) is 2.06. The lowest BCUT2D eigenvalue weighted by molar-refractivity contribution is -0.132. The summed E-state index contributed by atoms with van der Waals surface area (Å²) in [6.07, 6.45) is 1.19. The zero-order valence-electron chi connectivity index (χ0n) is 18.5. The van der Waals surface area contributed by atoms with Gasteiger partial charge in [0.25, 0.3) is 0 Å². The number of nitrogens with one attached hydrogen (secondary N) is 2. The molecule has 7 heteroatoms. The number of rotatable bonds is 10. The van der Waals surface area contributed by atoms with E-state index in [0.717, 1.165) is 30.2 Å². The monoisotopic (exact) mass is 519 g/mol. The molecule has 1 atom stereocenters. The van der Waals surface area contributed by atoms with E-state index in [4.69, 9.17) is 14.5 Å². The summed E-state index contributed by atoms with van der Waals surface area (Å²) in [5.74, 6) is 2.25. The Bertz CT molecular complexity index is 643. The Balaban J connectivity index is 0.00000420.